The first-order valence-electron chi connectivity index (χ1n) is 8.21. The highest BCUT2D eigenvalue weighted by Gasteiger charge is 2.12. The van der Waals surface area contributed by atoms with Crippen molar-refractivity contribution in [3.05, 3.63) is 93.0 Å². The summed E-state index contributed by atoms with van der Waals surface area (Å²) in [5.41, 5.74) is 1.56. The first kappa shape index (κ1) is 17.4. The molecule has 1 aromatic heterocycles. The van der Waals surface area contributed by atoms with Crippen molar-refractivity contribution >= 4 is 16.9 Å². The lowest BCUT2D eigenvalue weighted by atomic mass is 10.1. The van der Waals surface area contributed by atoms with Gasteiger partial charge in [0, 0.05) is 19.2 Å². The molecule has 1 amide bonds. The molecule has 132 valence electrons. The third kappa shape index (κ3) is 3.09. The third-order valence-corrected chi connectivity index (χ3v) is 4.23. The van der Waals surface area contributed by atoms with Gasteiger partial charge in [-0.1, -0.05) is 30.3 Å². The van der Waals surface area contributed by atoms with E-state index in [2.05, 4.69) is 11.9 Å². The molecule has 6 heteroatoms. The van der Waals surface area contributed by atoms with Crippen LogP contribution < -0.4 is 16.4 Å². The molecule has 0 aliphatic heterocycles. The Balaban J connectivity index is 2.11. The van der Waals surface area contributed by atoms with Gasteiger partial charge in [0.1, 0.15) is 0 Å². The van der Waals surface area contributed by atoms with Crippen molar-refractivity contribution in [2.24, 2.45) is 0 Å². The van der Waals surface area contributed by atoms with Crippen molar-refractivity contribution in [2.45, 2.75) is 13.1 Å². The number of amides is 1. The Bertz CT molecular complexity index is 1090. The van der Waals surface area contributed by atoms with Gasteiger partial charge < -0.3 is 5.32 Å². The van der Waals surface area contributed by atoms with Gasteiger partial charge in [-0.2, -0.15) is 0 Å². The number of aromatic nitrogens is 2. The van der Waals surface area contributed by atoms with Crippen LogP contribution in [0.25, 0.3) is 11.0 Å². The maximum atomic E-state index is 12.6. The van der Waals surface area contributed by atoms with Gasteiger partial charge in [0.2, 0.25) is 0 Å². The van der Waals surface area contributed by atoms with Crippen LogP contribution in [-0.2, 0) is 13.1 Å². The number of allylic oxidation sites excluding steroid dienone is 1. The highest BCUT2D eigenvalue weighted by Crippen LogP contribution is 2.13. The molecule has 0 atom stereocenters. The first-order chi connectivity index (χ1) is 12.6. The number of hydrogen-bond donors (Lipinski definition) is 1. The number of hydrogen-bond acceptors (Lipinski definition) is 3. The van der Waals surface area contributed by atoms with E-state index in [1.54, 1.807) is 37.4 Å². The van der Waals surface area contributed by atoms with E-state index in [0.717, 1.165) is 5.56 Å². The summed E-state index contributed by atoms with van der Waals surface area (Å²) in [6.07, 6.45) is 1.59. The van der Waals surface area contributed by atoms with Crippen molar-refractivity contribution in [2.75, 3.05) is 7.05 Å². The number of carbonyl (C=O) groups excluding carboxylic acids is 1. The number of benzene rings is 2. The molecule has 6 nitrogen and oxygen atoms in total. The minimum atomic E-state index is -0.582. The molecule has 0 saturated heterocycles. The Morgan fingerprint density at radius 3 is 2.15 bits per heavy atom. The summed E-state index contributed by atoms with van der Waals surface area (Å²) >= 11 is 0. The van der Waals surface area contributed by atoms with E-state index in [1.807, 2.05) is 24.3 Å². The minimum Gasteiger partial charge on any atom is -0.355 e. The lowest BCUT2D eigenvalue weighted by Gasteiger charge is -2.14. The number of fused-ring (bicyclic) bond motifs is 1. The Morgan fingerprint density at radius 2 is 1.58 bits per heavy atom. The molecular weight excluding hydrogens is 330 g/mol. The standard InChI is InChI=1S/C20H19N3O3/c1-3-12-22-16-6-4-5-7-17(16)23(20(26)19(22)25)13-14-8-10-15(11-9-14)18(24)21-2/h3-11H,1,12-13H2,2H3,(H,21,24). The van der Waals surface area contributed by atoms with Crippen molar-refractivity contribution in [1.82, 2.24) is 14.5 Å². The maximum Gasteiger partial charge on any atom is 0.317 e. The monoisotopic (exact) mass is 349 g/mol. The van der Waals surface area contributed by atoms with Gasteiger partial charge in [-0.25, -0.2) is 0 Å². The predicted octanol–water partition coefficient (Wildman–Crippen LogP) is 1.76. The van der Waals surface area contributed by atoms with Crippen LogP contribution in [0, 0.1) is 0 Å². The highest BCUT2D eigenvalue weighted by molar-refractivity contribution is 5.93. The SMILES string of the molecule is C=CCn1c(=O)c(=O)n(Cc2ccc(C(=O)NC)cc2)c2ccccc21. The molecule has 3 rings (SSSR count). The lowest BCUT2D eigenvalue weighted by Crippen LogP contribution is -2.41. The number of para-hydroxylation sites is 2. The molecule has 26 heavy (non-hydrogen) atoms. The number of nitrogens with one attached hydrogen (secondary N) is 1. The average molecular weight is 349 g/mol. The van der Waals surface area contributed by atoms with Crippen LogP contribution in [0.4, 0.5) is 0 Å². The van der Waals surface area contributed by atoms with E-state index in [0.29, 0.717) is 16.6 Å². The molecule has 1 N–H and O–H groups in total. The summed E-state index contributed by atoms with van der Waals surface area (Å²) in [7, 11) is 1.57. The Kier molecular flexibility index (Phi) is 4.84. The zero-order valence-electron chi connectivity index (χ0n) is 14.4. The minimum absolute atomic E-state index is 0.175. The Labute approximate surface area is 150 Å². The molecule has 2 aromatic carbocycles. The second-order valence-corrected chi connectivity index (χ2v) is 5.86. The van der Waals surface area contributed by atoms with Gasteiger partial charge in [-0.05, 0) is 29.8 Å². The average Bonchev–Trinajstić information content (AvgIpc) is 2.68. The highest BCUT2D eigenvalue weighted by atomic mass is 16.2. The lowest BCUT2D eigenvalue weighted by molar-refractivity contribution is 0.0963. The molecule has 0 unspecified atom stereocenters. The van der Waals surface area contributed by atoms with E-state index >= 15 is 0 Å². The largest absolute Gasteiger partial charge is 0.355 e. The van der Waals surface area contributed by atoms with Crippen molar-refractivity contribution < 1.29 is 4.79 Å². The Morgan fingerprint density at radius 1 is 1.00 bits per heavy atom. The molecule has 0 aliphatic carbocycles. The molecule has 0 spiro atoms. The van der Waals surface area contributed by atoms with Crippen molar-refractivity contribution in [3.63, 3.8) is 0 Å². The zero-order chi connectivity index (χ0) is 18.7. The van der Waals surface area contributed by atoms with E-state index in [-0.39, 0.29) is 19.0 Å². The molecule has 0 radical (unpaired) electrons. The fraction of sp³-hybridized carbons (Fsp3) is 0.150. The molecule has 0 fully saturated rings. The normalized spacial score (nSPS) is 10.7. The quantitative estimate of drug-likeness (QED) is 0.563. The van der Waals surface area contributed by atoms with Crippen LogP contribution in [-0.4, -0.2) is 22.1 Å². The summed E-state index contributed by atoms with van der Waals surface area (Å²) in [6.45, 7) is 4.17. The van der Waals surface area contributed by atoms with Gasteiger partial charge >= 0.3 is 11.1 Å². The Hall–Kier alpha value is -3.41. The van der Waals surface area contributed by atoms with Crippen molar-refractivity contribution in [1.29, 1.82) is 0 Å². The summed E-state index contributed by atoms with van der Waals surface area (Å²) < 4.78 is 2.89. The van der Waals surface area contributed by atoms with Gasteiger partial charge in [-0.15, -0.1) is 6.58 Å². The number of carbonyl (C=O) groups is 1. The predicted molar refractivity (Wildman–Crippen MR) is 102 cm³/mol. The molecule has 0 saturated carbocycles. The van der Waals surface area contributed by atoms with E-state index in [4.69, 9.17) is 0 Å². The van der Waals surface area contributed by atoms with Gasteiger partial charge in [0.25, 0.3) is 5.91 Å². The molecule has 0 bridgehead atoms. The van der Waals surface area contributed by atoms with Crippen LogP contribution in [0.15, 0.2) is 70.8 Å². The van der Waals surface area contributed by atoms with Crippen LogP contribution in [0.1, 0.15) is 15.9 Å². The fourth-order valence-electron chi connectivity index (χ4n) is 2.93. The zero-order valence-corrected chi connectivity index (χ0v) is 14.4. The first-order valence-corrected chi connectivity index (χ1v) is 8.21. The molecular formula is C20H19N3O3. The number of nitrogens with zero attached hydrogens (tertiary/aromatic N) is 2. The summed E-state index contributed by atoms with van der Waals surface area (Å²) in [6, 6.07) is 14.2. The van der Waals surface area contributed by atoms with Crippen LogP contribution in [0.3, 0.4) is 0 Å². The van der Waals surface area contributed by atoms with Gasteiger partial charge in [-0.3, -0.25) is 23.5 Å². The van der Waals surface area contributed by atoms with E-state index in [1.165, 1.54) is 9.13 Å². The van der Waals surface area contributed by atoms with Gasteiger partial charge in [0.05, 0.1) is 17.6 Å². The topological polar surface area (TPSA) is 73.1 Å². The maximum absolute atomic E-state index is 12.6. The third-order valence-electron chi connectivity index (χ3n) is 4.23. The molecule has 0 aliphatic rings. The van der Waals surface area contributed by atoms with Crippen molar-refractivity contribution in [3.8, 4) is 0 Å². The van der Waals surface area contributed by atoms with Crippen LogP contribution in [0.5, 0.6) is 0 Å². The fourth-order valence-corrected chi connectivity index (χ4v) is 2.93. The summed E-state index contributed by atoms with van der Waals surface area (Å²) in [4.78, 5) is 36.8. The summed E-state index contributed by atoms with van der Waals surface area (Å²) in [5.74, 6) is -0.175. The number of rotatable bonds is 5. The van der Waals surface area contributed by atoms with Gasteiger partial charge in [0.15, 0.2) is 0 Å². The summed E-state index contributed by atoms with van der Waals surface area (Å²) in [5, 5.41) is 2.56. The second kappa shape index (κ2) is 7.23. The molecule has 1 heterocycles. The second-order valence-electron chi connectivity index (χ2n) is 5.86. The smallest absolute Gasteiger partial charge is 0.317 e. The van der Waals surface area contributed by atoms with Crippen LogP contribution >= 0.6 is 0 Å². The van der Waals surface area contributed by atoms with Crippen LogP contribution in [0.2, 0.25) is 0 Å². The van der Waals surface area contributed by atoms with E-state index < -0.39 is 11.1 Å². The van der Waals surface area contributed by atoms with E-state index in [9.17, 15) is 14.4 Å². The molecule has 3 aromatic rings.